The average molecular weight is 304 g/mol. The summed E-state index contributed by atoms with van der Waals surface area (Å²) in [7, 11) is 0. The number of rotatable bonds is 4. The molecule has 1 aromatic carbocycles. The number of nitrogens with zero attached hydrogens (tertiary/aromatic N) is 2. The highest BCUT2D eigenvalue weighted by Gasteiger charge is 2.21. The van der Waals surface area contributed by atoms with Crippen molar-refractivity contribution in [3.63, 3.8) is 0 Å². The summed E-state index contributed by atoms with van der Waals surface area (Å²) < 4.78 is 0. The molecule has 2 rings (SSSR count). The van der Waals surface area contributed by atoms with Gasteiger partial charge in [-0.2, -0.15) is 5.10 Å². The summed E-state index contributed by atoms with van der Waals surface area (Å²) in [5, 5.41) is 17.7. The summed E-state index contributed by atoms with van der Waals surface area (Å²) in [6, 6.07) is 4.47. The highest BCUT2D eigenvalue weighted by atomic mass is 16.6. The zero-order chi connectivity index (χ0) is 16.3. The Morgan fingerprint density at radius 2 is 2.14 bits per heavy atom. The van der Waals surface area contributed by atoms with Crippen molar-refractivity contribution >= 4 is 28.9 Å². The van der Waals surface area contributed by atoms with Crippen LogP contribution in [0.3, 0.4) is 0 Å². The monoisotopic (exact) mass is 304 g/mol. The van der Waals surface area contributed by atoms with Crippen LogP contribution in [0.15, 0.2) is 23.3 Å². The molecule has 0 unspecified atom stereocenters. The molecule has 0 aliphatic carbocycles. The highest BCUT2D eigenvalue weighted by molar-refractivity contribution is 6.05. The molecular formula is C14H16N4O4. The van der Waals surface area contributed by atoms with Gasteiger partial charge in [-0.1, -0.05) is 19.9 Å². The fourth-order valence-corrected chi connectivity index (χ4v) is 1.93. The van der Waals surface area contributed by atoms with Gasteiger partial charge in [0.2, 0.25) is 11.8 Å². The Labute approximate surface area is 126 Å². The van der Waals surface area contributed by atoms with Crippen molar-refractivity contribution in [3.05, 3.63) is 33.9 Å². The number of nitro benzene ring substituents is 1. The van der Waals surface area contributed by atoms with E-state index in [1.54, 1.807) is 19.9 Å². The zero-order valence-electron chi connectivity index (χ0n) is 12.3. The first-order chi connectivity index (χ1) is 10.4. The second kappa shape index (κ2) is 6.33. The van der Waals surface area contributed by atoms with Crippen LogP contribution in [-0.4, -0.2) is 22.4 Å². The van der Waals surface area contributed by atoms with Crippen LogP contribution in [0.2, 0.25) is 0 Å². The first kappa shape index (κ1) is 15.6. The molecule has 1 aliphatic rings. The number of hydrogen-bond donors (Lipinski definition) is 2. The topological polar surface area (TPSA) is 114 Å². The van der Waals surface area contributed by atoms with E-state index in [0.29, 0.717) is 24.1 Å². The molecule has 0 radical (unpaired) electrons. The maximum atomic E-state index is 11.7. The van der Waals surface area contributed by atoms with Gasteiger partial charge in [-0.05, 0) is 6.07 Å². The summed E-state index contributed by atoms with van der Waals surface area (Å²) in [6.07, 6.45) is 0.707. The van der Waals surface area contributed by atoms with Crippen LogP contribution in [0.1, 0.15) is 32.3 Å². The molecule has 1 aliphatic heterocycles. The second-order valence-corrected chi connectivity index (χ2v) is 5.23. The van der Waals surface area contributed by atoms with Gasteiger partial charge in [0.15, 0.2) is 0 Å². The molecule has 2 amide bonds. The molecule has 0 saturated heterocycles. The van der Waals surface area contributed by atoms with Gasteiger partial charge in [-0.25, -0.2) is 5.43 Å². The fourth-order valence-electron chi connectivity index (χ4n) is 1.93. The predicted molar refractivity (Wildman–Crippen MR) is 80.5 cm³/mol. The summed E-state index contributed by atoms with van der Waals surface area (Å²) in [5.74, 6) is -0.755. The minimum absolute atomic E-state index is 0.146. The van der Waals surface area contributed by atoms with Gasteiger partial charge in [0.1, 0.15) is 5.69 Å². The number of hydrogen-bond acceptors (Lipinski definition) is 5. The van der Waals surface area contributed by atoms with E-state index < -0.39 is 4.92 Å². The lowest BCUT2D eigenvalue weighted by molar-refractivity contribution is -0.383. The molecular weight excluding hydrogens is 288 g/mol. The van der Waals surface area contributed by atoms with Crippen LogP contribution in [-0.2, 0) is 9.59 Å². The number of anilines is 1. The van der Waals surface area contributed by atoms with Crippen molar-refractivity contribution in [1.82, 2.24) is 5.43 Å². The van der Waals surface area contributed by atoms with Gasteiger partial charge >= 0.3 is 0 Å². The normalized spacial score (nSPS) is 14.3. The number of carbonyl (C=O) groups is 2. The van der Waals surface area contributed by atoms with Crippen LogP contribution in [0.4, 0.5) is 11.4 Å². The van der Waals surface area contributed by atoms with Gasteiger partial charge in [-0.3, -0.25) is 19.7 Å². The van der Waals surface area contributed by atoms with Gasteiger partial charge in [0.05, 0.1) is 10.6 Å². The molecule has 116 valence electrons. The molecule has 2 N–H and O–H groups in total. The van der Waals surface area contributed by atoms with E-state index in [1.807, 2.05) is 0 Å². The number of nitrogens with one attached hydrogen (secondary N) is 2. The van der Waals surface area contributed by atoms with Crippen molar-refractivity contribution in [1.29, 1.82) is 0 Å². The number of nitro groups is 1. The van der Waals surface area contributed by atoms with E-state index in [0.717, 1.165) is 0 Å². The van der Waals surface area contributed by atoms with E-state index in [9.17, 15) is 19.7 Å². The van der Waals surface area contributed by atoms with E-state index >= 15 is 0 Å². The third-order valence-electron chi connectivity index (χ3n) is 3.21. The molecule has 0 fully saturated rings. The van der Waals surface area contributed by atoms with Gasteiger partial charge in [0.25, 0.3) is 5.69 Å². The Morgan fingerprint density at radius 1 is 1.41 bits per heavy atom. The fraction of sp³-hybridized carbons (Fsp3) is 0.357. The van der Waals surface area contributed by atoms with Crippen LogP contribution in [0.5, 0.6) is 0 Å². The molecule has 0 atom stereocenters. The van der Waals surface area contributed by atoms with E-state index in [4.69, 9.17) is 0 Å². The molecule has 1 aromatic rings. The lowest BCUT2D eigenvalue weighted by Crippen LogP contribution is -2.26. The molecule has 8 heteroatoms. The Bertz CT molecular complexity index is 667. The third kappa shape index (κ3) is 3.46. The molecule has 0 aromatic heterocycles. The Hall–Kier alpha value is -2.77. The van der Waals surface area contributed by atoms with Crippen molar-refractivity contribution in [2.24, 2.45) is 11.0 Å². The Balaban J connectivity index is 2.33. The number of benzene rings is 1. The summed E-state index contributed by atoms with van der Waals surface area (Å²) >= 11 is 0. The predicted octanol–water partition coefficient (Wildman–Crippen LogP) is 1.80. The van der Waals surface area contributed by atoms with Crippen molar-refractivity contribution < 1.29 is 14.5 Å². The Kier molecular flexibility index (Phi) is 4.50. The average Bonchev–Trinajstić information content (AvgIpc) is 2.48. The van der Waals surface area contributed by atoms with Gasteiger partial charge in [0, 0.05) is 30.4 Å². The minimum atomic E-state index is -0.554. The molecule has 0 spiro atoms. The van der Waals surface area contributed by atoms with Crippen LogP contribution < -0.4 is 10.7 Å². The Morgan fingerprint density at radius 3 is 2.68 bits per heavy atom. The van der Waals surface area contributed by atoms with E-state index in [2.05, 4.69) is 15.8 Å². The van der Waals surface area contributed by atoms with Gasteiger partial charge in [-0.15, -0.1) is 0 Å². The van der Waals surface area contributed by atoms with Crippen molar-refractivity contribution in [2.45, 2.75) is 26.7 Å². The molecule has 1 heterocycles. The first-order valence-electron chi connectivity index (χ1n) is 6.83. The number of amides is 2. The van der Waals surface area contributed by atoms with Crippen molar-refractivity contribution in [3.8, 4) is 0 Å². The molecule has 0 bridgehead atoms. The largest absolute Gasteiger partial charge is 0.320 e. The van der Waals surface area contributed by atoms with E-state index in [-0.39, 0.29) is 29.1 Å². The van der Waals surface area contributed by atoms with Crippen molar-refractivity contribution in [2.75, 3.05) is 5.32 Å². The quantitative estimate of drug-likeness (QED) is 0.652. The van der Waals surface area contributed by atoms with E-state index in [1.165, 1.54) is 12.1 Å². The standard InChI is InChI=1S/C14H16N4O4/c1-8(2)14(20)15-11-4-3-9(7-12(11)18(21)22)10-5-6-13(19)17-16-10/h3-4,7-8H,5-6H2,1-2H3,(H,15,20)(H,17,19). The van der Waals surface area contributed by atoms with Gasteiger partial charge < -0.3 is 5.32 Å². The lowest BCUT2D eigenvalue weighted by atomic mass is 10.0. The first-order valence-corrected chi connectivity index (χ1v) is 6.83. The smallest absolute Gasteiger partial charge is 0.293 e. The molecule has 8 nitrogen and oxygen atoms in total. The lowest BCUT2D eigenvalue weighted by Gasteiger charge is -2.13. The van der Waals surface area contributed by atoms with Crippen LogP contribution in [0, 0.1) is 16.0 Å². The maximum Gasteiger partial charge on any atom is 0.293 e. The second-order valence-electron chi connectivity index (χ2n) is 5.23. The third-order valence-corrected chi connectivity index (χ3v) is 3.21. The molecule has 22 heavy (non-hydrogen) atoms. The summed E-state index contributed by atoms with van der Waals surface area (Å²) in [6.45, 7) is 3.41. The van der Waals surface area contributed by atoms with Crippen LogP contribution >= 0.6 is 0 Å². The number of carbonyl (C=O) groups excluding carboxylic acids is 2. The maximum absolute atomic E-state index is 11.7. The SMILES string of the molecule is CC(C)C(=O)Nc1ccc(C2=NNC(=O)CC2)cc1[N+](=O)[O-]. The number of hydrazone groups is 1. The minimum Gasteiger partial charge on any atom is -0.320 e. The van der Waals surface area contributed by atoms with Crippen LogP contribution in [0.25, 0.3) is 0 Å². The highest BCUT2D eigenvalue weighted by Crippen LogP contribution is 2.27. The summed E-state index contributed by atoms with van der Waals surface area (Å²) in [4.78, 5) is 33.4. The zero-order valence-corrected chi connectivity index (χ0v) is 12.3. The summed E-state index contributed by atoms with van der Waals surface area (Å²) in [5.41, 5.74) is 3.42. The molecule has 0 saturated carbocycles.